The third-order valence-electron chi connectivity index (χ3n) is 2.26. The molecule has 0 radical (unpaired) electrons. The van der Waals surface area contributed by atoms with Crippen LogP contribution in [0.3, 0.4) is 0 Å². The number of halogens is 3. The summed E-state index contributed by atoms with van der Waals surface area (Å²) in [5.74, 6) is 0.130. The Morgan fingerprint density at radius 3 is 2.37 bits per heavy atom. The van der Waals surface area contributed by atoms with Crippen molar-refractivity contribution in [3.8, 4) is 5.75 Å². The van der Waals surface area contributed by atoms with Crippen LogP contribution in [0.25, 0.3) is 0 Å². The third-order valence-corrected chi connectivity index (χ3v) is 2.26. The van der Waals surface area contributed by atoms with Gasteiger partial charge in [-0.05, 0) is 12.1 Å². The second kappa shape index (κ2) is 7.20. The zero-order valence-corrected chi connectivity index (χ0v) is 10.7. The van der Waals surface area contributed by atoms with Gasteiger partial charge in [-0.2, -0.15) is 13.2 Å². The Labute approximate surface area is 109 Å². The molecule has 0 saturated heterocycles. The molecule has 1 N–H and O–H groups in total. The number of alkyl halides is 3. The van der Waals surface area contributed by atoms with Gasteiger partial charge in [0.2, 0.25) is 0 Å². The van der Waals surface area contributed by atoms with Crippen LogP contribution in [-0.4, -0.2) is 39.8 Å². The van der Waals surface area contributed by atoms with E-state index >= 15 is 0 Å². The van der Waals surface area contributed by atoms with Gasteiger partial charge in [-0.3, -0.25) is 0 Å². The van der Waals surface area contributed by atoms with Gasteiger partial charge in [0.1, 0.15) is 5.75 Å². The number of ether oxygens (including phenoxy) is 3. The van der Waals surface area contributed by atoms with Crippen LogP contribution >= 0.6 is 0 Å². The number of benzene rings is 1. The highest BCUT2D eigenvalue weighted by atomic mass is 19.4. The summed E-state index contributed by atoms with van der Waals surface area (Å²) in [5, 5.41) is 2.91. The maximum atomic E-state index is 12.1. The summed E-state index contributed by atoms with van der Waals surface area (Å²) in [7, 11) is 2.95. The molecule has 19 heavy (non-hydrogen) atoms. The average Bonchev–Trinajstić information content (AvgIpc) is 2.38. The summed E-state index contributed by atoms with van der Waals surface area (Å²) in [5.41, 5.74) is 0.450. The van der Waals surface area contributed by atoms with Crippen molar-refractivity contribution < 1.29 is 27.4 Å². The fourth-order valence-corrected chi connectivity index (χ4v) is 1.35. The van der Waals surface area contributed by atoms with Crippen LogP contribution in [0.4, 0.5) is 18.9 Å². The average molecular weight is 279 g/mol. The molecule has 108 valence electrons. The van der Waals surface area contributed by atoms with Gasteiger partial charge in [0.05, 0.1) is 12.2 Å². The number of anilines is 1. The van der Waals surface area contributed by atoms with Crippen LogP contribution in [0.1, 0.15) is 0 Å². The topological polar surface area (TPSA) is 39.7 Å². The van der Waals surface area contributed by atoms with Crippen molar-refractivity contribution in [3.63, 3.8) is 0 Å². The molecule has 4 nitrogen and oxygen atoms in total. The first-order valence-corrected chi connectivity index (χ1v) is 5.54. The normalized spacial score (nSPS) is 11.7. The molecule has 1 aromatic rings. The molecule has 0 aliphatic carbocycles. The Kier molecular flexibility index (Phi) is 5.91. The molecule has 0 heterocycles. The molecule has 7 heteroatoms. The Morgan fingerprint density at radius 2 is 1.79 bits per heavy atom. The van der Waals surface area contributed by atoms with Crippen molar-refractivity contribution in [2.24, 2.45) is 0 Å². The lowest BCUT2D eigenvalue weighted by Crippen LogP contribution is -2.24. The SMILES string of the molecule is COC(CNc1ccccc1OCC(F)(F)F)OC. The van der Waals surface area contributed by atoms with Crippen molar-refractivity contribution >= 4 is 5.69 Å². The van der Waals surface area contributed by atoms with E-state index in [0.29, 0.717) is 12.2 Å². The molecule has 0 bridgehead atoms. The van der Waals surface area contributed by atoms with Gasteiger partial charge in [0.15, 0.2) is 12.9 Å². The van der Waals surface area contributed by atoms with Gasteiger partial charge in [0.25, 0.3) is 0 Å². The highest BCUT2D eigenvalue weighted by Gasteiger charge is 2.28. The van der Waals surface area contributed by atoms with Gasteiger partial charge in [0, 0.05) is 14.2 Å². The number of hydrogen-bond donors (Lipinski definition) is 1. The quantitative estimate of drug-likeness (QED) is 0.779. The van der Waals surface area contributed by atoms with Crippen LogP contribution < -0.4 is 10.1 Å². The molecule has 0 aliphatic rings. The fourth-order valence-electron chi connectivity index (χ4n) is 1.35. The molecule has 1 rings (SSSR count). The first-order valence-electron chi connectivity index (χ1n) is 5.54. The van der Waals surface area contributed by atoms with E-state index in [9.17, 15) is 13.2 Å². The number of para-hydroxylation sites is 2. The molecular formula is C12H16F3NO3. The Balaban J connectivity index is 2.62. The lowest BCUT2D eigenvalue weighted by atomic mass is 10.3. The molecule has 0 amide bonds. The first-order chi connectivity index (χ1) is 8.96. The first kappa shape index (κ1) is 15.6. The van der Waals surface area contributed by atoms with Gasteiger partial charge >= 0.3 is 6.18 Å². The minimum Gasteiger partial charge on any atom is -0.482 e. The number of hydrogen-bond acceptors (Lipinski definition) is 4. The number of methoxy groups -OCH3 is 2. The van der Waals surface area contributed by atoms with Crippen molar-refractivity contribution in [1.29, 1.82) is 0 Å². The minimum atomic E-state index is -4.37. The van der Waals surface area contributed by atoms with Crippen LogP contribution in [0, 0.1) is 0 Å². The molecule has 0 fully saturated rings. The van der Waals surface area contributed by atoms with Crippen LogP contribution in [0.2, 0.25) is 0 Å². The highest BCUT2D eigenvalue weighted by molar-refractivity contribution is 5.56. The molecule has 0 atom stereocenters. The largest absolute Gasteiger partial charge is 0.482 e. The van der Waals surface area contributed by atoms with Gasteiger partial charge in [-0.25, -0.2) is 0 Å². The minimum absolute atomic E-state index is 0.130. The summed E-state index contributed by atoms with van der Waals surface area (Å²) in [4.78, 5) is 0. The van der Waals surface area contributed by atoms with Crippen LogP contribution in [0.15, 0.2) is 24.3 Å². The Bertz CT molecular complexity index is 381. The molecule has 0 aliphatic heterocycles. The lowest BCUT2D eigenvalue weighted by molar-refractivity contribution is -0.153. The van der Waals surface area contributed by atoms with Crippen molar-refractivity contribution in [2.45, 2.75) is 12.5 Å². The smallest absolute Gasteiger partial charge is 0.422 e. The van der Waals surface area contributed by atoms with Gasteiger partial charge in [-0.1, -0.05) is 12.1 Å². The standard InChI is InChI=1S/C12H16F3NO3/c1-17-11(18-2)7-16-9-5-3-4-6-10(9)19-8-12(13,14)15/h3-6,11,16H,7-8H2,1-2H3. The predicted octanol–water partition coefficient (Wildman–Crippen LogP) is 2.66. The zero-order chi connectivity index (χ0) is 14.3. The summed E-state index contributed by atoms with van der Waals surface area (Å²) >= 11 is 0. The zero-order valence-electron chi connectivity index (χ0n) is 10.7. The van der Waals surface area contributed by atoms with E-state index in [-0.39, 0.29) is 5.75 Å². The van der Waals surface area contributed by atoms with E-state index in [1.54, 1.807) is 18.2 Å². The molecular weight excluding hydrogens is 263 g/mol. The fraction of sp³-hybridized carbons (Fsp3) is 0.500. The van der Waals surface area contributed by atoms with Gasteiger partial charge < -0.3 is 19.5 Å². The summed E-state index contributed by atoms with van der Waals surface area (Å²) in [6.45, 7) is -1.04. The maximum absolute atomic E-state index is 12.1. The van der Waals surface area contributed by atoms with Gasteiger partial charge in [-0.15, -0.1) is 0 Å². The predicted molar refractivity (Wildman–Crippen MR) is 64.3 cm³/mol. The molecule has 1 aromatic carbocycles. The molecule has 0 saturated carbocycles. The second-order valence-corrected chi connectivity index (χ2v) is 3.68. The number of rotatable bonds is 7. The van der Waals surface area contributed by atoms with Crippen molar-refractivity contribution in [2.75, 3.05) is 32.7 Å². The second-order valence-electron chi connectivity index (χ2n) is 3.68. The maximum Gasteiger partial charge on any atom is 0.422 e. The van der Waals surface area contributed by atoms with Crippen LogP contribution in [0.5, 0.6) is 5.75 Å². The Hall–Kier alpha value is -1.47. The van der Waals surface area contributed by atoms with Crippen LogP contribution in [-0.2, 0) is 9.47 Å². The number of nitrogens with one attached hydrogen (secondary N) is 1. The van der Waals surface area contributed by atoms with Crippen molar-refractivity contribution in [3.05, 3.63) is 24.3 Å². The van der Waals surface area contributed by atoms with E-state index in [4.69, 9.17) is 14.2 Å². The van der Waals surface area contributed by atoms with E-state index in [2.05, 4.69) is 5.32 Å². The summed E-state index contributed by atoms with van der Waals surface area (Å²) < 4.78 is 51.0. The highest BCUT2D eigenvalue weighted by Crippen LogP contribution is 2.26. The monoisotopic (exact) mass is 279 g/mol. The third kappa shape index (κ3) is 5.80. The molecule has 0 unspecified atom stereocenters. The lowest BCUT2D eigenvalue weighted by Gasteiger charge is -2.17. The van der Waals surface area contributed by atoms with E-state index in [0.717, 1.165) is 0 Å². The Morgan fingerprint density at radius 1 is 1.16 bits per heavy atom. The van der Waals surface area contributed by atoms with E-state index in [1.807, 2.05) is 0 Å². The van der Waals surface area contributed by atoms with E-state index in [1.165, 1.54) is 20.3 Å². The molecule has 0 aromatic heterocycles. The van der Waals surface area contributed by atoms with E-state index < -0.39 is 19.1 Å². The molecule has 0 spiro atoms. The van der Waals surface area contributed by atoms with Crippen molar-refractivity contribution in [1.82, 2.24) is 0 Å². The summed E-state index contributed by atoms with van der Waals surface area (Å²) in [6, 6.07) is 6.37. The summed E-state index contributed by atoms with van der Waals surface area (Å²) in [6.07, 6.45) is -4.86.